The SMILES string of the molecule is Cc1cc(/C=C/C(=O)c2cc3ccccc3nc2OC2CCOCC2)cc(C)c1OC(C)(C)C. The number of carbonyl (C=O) groups is 1. The molecule has 5 nitrogen and oxygen atoms in total. The summed E-state index contributed by atoms with van der Waals surface area (Å²) >= 11 is 0. The lowest BCUT2D eigenvalue weighted by Gasteiger charge is -2.24. The standard InChI is InChI=1S/C29H33NO4/c1-19-16-21(17-20(2)27(19)34-29(3,4)5)10-11-26(31)24-18-22-8-6-7-9-25(22)30-28(24)33-23-12-14-32-15-13-23/h6-11,16-18,23H,12-15H2,1-5H3/b11-10+. The van der Waals surface area contributed by atoms with Gasteiger partial charge in [0.2, 0.25) is 5.88 Å². The lowest BCUT2D eigenvalue weighted by atomic mass is 10.0. The van der Waals surface area contributed by atoms with Crippen LogP contribution in [0, 0.1) is 13.8 Å². The van der Waals surface area contributed by atoms with Crippen LogP contribution in [0.1, 0.15) is 60.7 Å². The highest BCUT2D eigenvalue weighted by Gasteiger charge is 2.21. The van der Waals surface area contributed by atoms with Crippen molar-refractivity contribution < 1.29 is 19.0 Å². The normalized spacial score (nSPS) is 15.1. The zero-order chi connectivity index (χ0) is 24.3. The van der Waals surface area contributed by atoms with E-state index in [1.807, 2.05) is 83.2 Å². The molecule has 0 spiro atoms. The Kier molecular flexibility index (Phi) is 7.03. The Morgan fingerprint density at radius 2 is 1.74 bits per heavy atom. The molecule has 0 saturated carbocycles. The third kappa shape index (κ3) is 5.84. The van der Waals surface area contributed by atoms with Gasteiger partial charge in [-0.3, -0.25) is 4.79 Å². The van der Waals surface area contributed by atoms with E-state index in [4.69, 9.17) is 14.2 Å². The van der Waals surface area contributed by atoms with Crippen molar-refractivity contribution in [3.8, 4) is 11.6 Å². The fraction of sp³-hybridized carbons (Fsp3) is 0.379. The van der Waals surface area contributed by atoms with Gasteiger partial charge in [-0.05, 0) is 81.7 Å². The third-order valence-corrected chi connectivity index (χ3v) is 5.72. The van der Waals surface area contributed by atoms with Crippen molar-refractivity contribution in [2.24, 2.45) is 0 Å². The topological polar surface area (TPSA) is 57.7 Å². The Morgan fingerprint density at radius 1 is 1.06 bits per heavy atom. The van der Waals surface area contributed by atoms with Crippen LogP contribution in [-0.2, 0) is 4.74 Å². The summed E-state index contributed by atoms with van der Waals surface area (Å²) in [6, 6.07) is 13.7. The summed E-state index contributed by atoms with van der Waals surface area (Å²) < 4.78 is 17.8. The minimum absolute atomic E-state index is 0.00129. The van der Waals surface area contributed by atoms with Gasteiger partial charge in [-0.15, -0.1) is 0 Å². The number of hydrogen-bond acceptors (Lipinski definition) is 5. The van der Waals surface area contributed by atoms with Crippen molar-refractivity contribution in [1.82, 2.24) is 4.98 Å². The fourth-order valence-electron chi connectivity index (χ4n) is 4.13. The second-order valence-corrected chi connectivity index (χ2v) is 9.86. The van der Waals surface area contributed by atoms with Gasteiger partial charge in [0, 0.05) is 18.2 Å². The highest BCUT2D eigenvalue weighted by atomic mass is 16.5. The molecule has 0 amide bonds. The van der Waals surface area contributed by atoms with Crippen LogP contribution < -0.4 is 9.47 Å². The van der Waals surface area contributed by atoms with Crippen molar-refractivity contribution in [3.63, 3.8) is 0 Å². The lowest BCUT2D eigenvalue weighted by Crippen LogP contribution is -2.27. The van der Waals surface area contributed by atoms with E-state index in [0.29, 0.717) is 24.7 Å². The zero-order valence-corrected chi connectivity index (χ0v) is 20.7. The Labute approximate surface area is 201 Å². The molecule has 178 valence electrons. The van der Waals surface area contributed by atoms with Crippen molar-refractivity contribution >= 4 is 22.8 Å². The Hall–Kier alpha value is -3.18. The van der Waals surface area contributed by atoms with Crippen molar-refractivity contribution in [1.29, 1.82) is 0 Å². The molecule has 3 aromatic rings. The maximum Gasteiger partial charge on any atom is 0.225 e. The van der Waals surface area contributed by atoms with Crippen LogP contribution in [0.2, 0.25) is 0 Å². The van der Waals surface area contributed by atoms with Crippen LogP contribution in [0.4, 0.5) is 0 Å². The molecule has 0 aliphatic carbocycles. The lowest BCUT2D eigenvalue weighted by molar-refractivity contribution is 0.0235. The van der Waals surface area contributed by atoms with E-state index in [2.05, 4.69) is 4.98 Å². The molecule has 0 radical (unpaired) electrons. The summed E-state index contributed by atoms with van der Waals surface area (Å²) in [5, 5.41) is 0.911. The van der Waals surface area contributed by atoms with Crippen molar-refractivity contribution in [3.05, 3.63) is 70.8 Å². The number of allylic oxidation sites excluding steroid dienone is 1. The van der Waals surface area contributed by atoms with E-state index < -0.39 is 0 Å². The summed E-state index contributed by atoms with van der Waals surface area (Å²) in [5.41, 5.74) is 4.04. The predicted octanol–water partition coefficient (Wildman–Crippen LogP) is 6.48. The number of aromatic nitrogens is 1. The van der Waals surface area contributed by atoms with Crippen LogP contribution >= 0.6 is 0 Å². The number of aryl methyl sites for hydroxylation is 2. The van der Waals surface area contributed by atoms with Crippen LogP contribution in [-0.4, -0.2) is 35.7 Å². The average molecular weight is 460 g/mol. The summed E-state index contributed by atoms with van der Waals surface area (Å²) in [6.45, 7) is 11.5. The number of ether oxygens (including phenoxy) is 3. The number of carbonyl (C=O) groups excluding carboxylic acids is 1. The van der Waals surface area contributed by atoms with E-state index in [-0.39, 0.29) is 17.5 Å². The van der Waals surface area contributed by atoms with E-state index in [9.17, 15) is 4.79 Å². The van der Waals surface area contributed by atoms with Gasteiger partial charge in [0.25, 0.3) is 0 Å². The molecule has 2 aromatic carbocycles. The van der Waals surface area contributed by atoms with Gasteiger partial charge in [-0.25, -0.2) is 4.98 Å². The highest BCUT2D eigenvalue weighted by molar-refractivity contribution is 6.10. The number of hydrogen-bond donors (Lipinski definition) is 0. The zero-order valence-electron chi connectivity index (χ0n) is 20.7. The smallest absolute Gasteiger partial charge is 0.225 e. The summed E-state index contributed by atoms with van der Waals surface area (Å²) in [5.74, 6) is 1.15. The second-order valence-electron chi connectivity index (χ2n) is 9.86. The molecule has 1 aliphatic heterocycles. The number of pyridine rings is 1. The second kappa shape index (κ2) is 9.98. The average Bonchev–Trinajstić information content (AvgIpc) is 2.79. The molecule has 34 heavy (non-hydrogen) atoms. The quantitative estimate of drug-likeness (QED) is 0.312. The number of nitrogens with zero attached hydrogens (tertiary/aromatic N) is 1. The monoisotopic (exact) mass is 459 g/mol. The van der Waals surface area contributed by atoms with Crippen molar-refractivity contribution in [2.75, 3.05) is 13.2 Å². The van der Waals surface area contributed by atoms with Gasteiger partial charge in [0.1, 0.15) is 17.5 Å². The van der Waals surface area contributed by atoms with E-state index in [1.54, 1.807) is 6.08 Å². The number of rotatable bonds is 6. The molecule has 0 bridgehead atoms. The van der Waals surface area contributed by atoms with Gasteiger partial charge in [0.15, 0.2) is 5.78 Å². The number of benzene rings is 2. The summed E-state index contributed by atoms with van der Waals surface area (Å²) in [7, 11) is 0. The number of fused-ring (bicyclic) bond motifs is 1. The van der Waals surface area contributed by atoms with Crippen LogP contribution in [0.5, 0.6) is 11.6 Å². The molecule has 0 N–H and O–H groups in total. The Bertz CT molecular complexity index is 1190. The fourth-order valence-corrected chi connectivity index (χ4v) is 4.13. The van der Waals surface area contributed by atoms with Gasteiger partial charge in [-0.1, -0.05) is 24.3 Å². The molecule has 1 fully saturated rings. The van der Waals surface area contributed by atoms with Gasteiger partial charge >= 0.3 is 0 Å². The third-order valence-electron chi connectivity index (χ3n) is 5.72. The molecule has 0 atom stereocenters. The molecule has 0 unspecified atom stereocenters. The first kappa shape index (κ1) is 24.0. The Morgan fingerprint density at radius 3 is 2.41 bits per heavy atom. The molecule has 5 heteroatoms. The highest BCUT2D eigenvalue weighted by Crippen LogP contribution is 2.30. The van der Waals surface area contributed by atoms with Gasteiger partial charge in [-0.2, -0.15) is 0 Å². The van der Waals surface area contributed by atoms with E-state index in [1.165, 1.54) is 0 Å². The first-order chi connectivity index (χ1) is 16.2. The first-order valence-corrected chi connectivity index (χ1v) is 11.9. The summed E-state index contributed by atoms with van der Waals surface area (Å²) in [4.78, 5) is 18.0. The maximum atomic E-state index is 13.3. The molecule has 1 aliphatic rings. The van der Waals surface area contributed by atoms with Gasteiger partial charge < -0.3 is 14.2 Å². The number of ketones is 1. The molecule has 1 saturated heterocycles. The van der Waals surface area contributed by atoms with E-state index >= 15 is 0 Å². The van der Waals surface area contributed by atoms with Crippen LogP contribution in [0.3, 0.4) is 0 Å². The summed E-state index contributed by atoms with van der Waals surface area (Å²) in [6.07, 6.45) is 5.02. The predicted molar refractivity (Wildman–Crippen MR) is 136 cm³/mol. The maximum absolute atomic E-state index is 13.3. The van der Waals surface area contributed by atoms with Gasteiger partial charge in [0.05, 0.1) is 24.3 Å². The molecule has 4 rings (SSSR count). The minimum Gasteiger partial charge on any atom is -0.488 e. The molecular weight excluding hydrogens is 426 g/mol. The molecular formula is C29H33NO4. The Balaban J connectivity index is 1.62. The molecule has 1 aromatic heterocycles. The van der Waals surface area contributed by atoms with Crippen molar-refractivity contribution in [2.45, 2.75) is 59.2 Å². The van der Waals surface area contributed by atoms with Crippen LogP contribution in [0.15, 0.2) is 48.5 Å². The largest absolute Gasteiger partial charge is 0.488 e. The first-order valence-electron chi connectivity index (χ1n) is 11.9. The van der Waals surface area contributed by atoms with E-state index in [0.717, 1.165) is 46.2 Å². The number of para-hydroxylation sites is 1. The van der Waals surface area contributed by atoms with Crippen LogP contribution in [0.25, 0.3) is 17.0 Å². The minimum atomic E-state index is -0.271. The molecule has 2 heterocycles.